The van der Waals surface area contributed by atoms with Gasteiger partial charge in [-0.3, -0.25) is 19.2 Å². The van der Waals surface area contributed by atoms with E-state index in [9.17, 15) is 70.8 Å². The van der Waals surface area contributed by atoms with Crippen LogP contribution in [-0.2, 0) is 66.7 Å². The molecule has 0 aliphatic carbocycles. The number of alkyl halides is 6. The lowest BCUT2D eigenvalue weighted by Crippen LogP contribution is -2.71. The van der Waals surface area contributed by atoms with Crippen molar-refractivity contribution in [1.82, 2.24) is 10.6 Å². The van der Waals surface area contributed by atoms with Crippen LogP contribution in [0.1, 0.15) is 101 Å². The van der Waals surface area contributed by atoms with Crippen molar-refractivity contribution in [2.24, 2.45) is 29.6 Å². The average Bonchev–Trinajstić information content (AvgIpc) is 3.39. The Morgan fingerprint density at radius 3 is 1.42 bits per heavy atom. The normalized spacial score (nSPS) is 34.0. The number of hydrogen-bond acceptors (Lipinski definition) is 18. The largest absolute Gasteiger partial charge is 0.477 e. The molecule has 3 saturated heterocycles. The first-order valence-corrected chi connectivity index (χ1v) is 24.6. The van der Waals surface area contributed by atoms with E-state index in [1.807, 2.05) is 6.92 Å². The number of amides is 2. The molecule has 3 fully saturated rings. The summed E-state index contributed by atoms with van der Waals surface area (Å²) >= 11 is 0. The molecule has 7 N–H and O–H groups in total. The first-order chi connectivity index (χ1) is 35.7. The molecule has 6 unspecified atom stereocenters. The second-order valence-corrected chi connectivity index (χ2v) is 18.9. The maximum absolute atomic E-state index is 15.2. The van der Waals surface area contributed by atoms with Crippen molar-refractivity contribution < 1.29 is 119 Å². The van der Waals surface area contributed by atoms with E-state index in [0.717, 1.165) is 14.2 Å². The van der Waals surface area contributed by atoms with Gasteiger partial charge in [-0.05, 0) is 24.7 Å². The van der Waals surface area contributed by atoms with Gasteiger partial charge in [0.15, 0.2) is 18.5 Å². The number of aliphatic hydroxyl groups excluding tert-OH is 4. The summed E-state index contributed by atoms with van der Waals surface area (Å²) in [5.41, 5.74) is 0. The van der Waals surface area contributed by atoms with E-state index in [1.165, 1.54) is 27.7 Å². The maximum Gasteiger partial charge on any atom is 0.375 e. The monoisotopic (exact) mass is 1120 g/mol. The number of aliphatic carboxylic acids is 1. The van der Waals surface area contributed by atoms with Crippen LogP contribution in [0, 0.1) is 54.3 Å². The van der Waals surface area contributed by atoms with Crippen molar-refractivity contribution >= 4 is 41.7 Å². The minimum absolute atomic E-state index is 0.00328. The van der Waals surface area contributed by atoms with Crippen LogP contribution >= 0.6 is 0 Å². The predicted octanol–water partition coefficient (Wildman–Crippen LogP) is 2.33. The van der Waals surface area contributed by atoms with E-state index in [0.29, 0.717) is 12.8 Å². The number of carboxylic acids is 1. The fourth-order valence-corrected chi connectivity index (χ4v) is 9.00. The highest BCUT2D eigenvalue weighted by Crippen LogP contribution is 2.45. The van der Waals surface area contributed by atoms with Gasteiger partial charge in [-0.15, -0.1) is 24.7 Å². The van der Waals surface area contributed by atoms with Crippen LogP contribution in [0.5, 0.6) is 0 Å². The summed E-state index contributed by atoms with van der Waals surface area (Å²) in [6.07, 6.45) is -8.42. The number of nitrogens with one attached hydrogen (secondary N) is 2. The van der Waals surface area contributed by atoms with Crippen LogP contribution in [0.25, 0.3) is 0 Å². The van der Waals surface area contributed by atoms with Gasteiger partial charge in [0.25, 0.3) is 0 Å². The molecule has 3 rings (SSSR count). The quantitative estimate of drug-likeness (QED) is 0.0398. The molecule has 0 aromatic rings. The number of hydrogen-bond donors (Lipinski definition) is 7. The fourth-order valence-electron chi connectivity index (χ4n) is 9.00. The van der Waals surface area contributed by atoms with Gasteiger partial charge in [0.05, 0.1) is 45.1 Å². The van der Waals surface area contributed by atoms with E-state index in [-0.39, 0.29) is 31.6 Å². The van der Waals surface area contributed by atoms with Crippen molar-refractivity contribution in [1.29, 1.82) is 0 Å². The zero-order chi connectivity index (χ0) is 59.7. The second kappa shape index (κ2) is 30.7. The third-order valence-electron chi connectivity index (χ3n) is 13.6. The molecule has 2 amide bonds. The zero-order valence-electron chi connectivity index (χ0n) is 44.7. The van der Waals surface area contributed by atoms with E-state index in [1.54, 1.807) is 27.7 Å². The molecular weight excluding hydrogens is 1050 g/mol. The maximum atomic E-state index is 15.2. The number of aliphatic hydroxyl groups is 4. The highest BCUT2D eigenvalue weighted by molar-refractivity contribution is 5.80. The molecule has 0 saturated carbocycles. The molecular formula is C50H74F6N2O19. The Morgan fingerprint density at radius 2 is 1.04 bits per heavy atom. The lowest BCUT2D eigenvalue weighted by atomic mass is 9.75. The number of terminal acetylenes is 2. The minimum atomic E-state index is -4.03. The van der Waals surface area contributed by atoms with Crippen molar-refractivity contribution in [3.8, 4) is 24.7 Å². The summed E-state index contributed by atoms with van der Waals surface area (Å²) in [7, 11) is 1.90. The number of ether oxygens (including phenoxy) is 7. The highest BCUT2D eigenvalue weighted by Gasteiger charge is 2.64. The average molecular weight is 1120 g/mol. The summed E-state index contributed by atoms with van der Waals surface area (Å²) in [6, 6.07) is -2.79. The van der Waals surface area contributed by atoms with Gasteiger partial charge in [0.1, 0.15) is 36.6 Å². The molecule has 21 atom stereocenters. The number of rotatable bonds is 20. The molecule has 0 aromatic carbocycles. The summed E-state index contributed by atoms with van der Waals surface area (Å²) in [5.74, 6) is -16.9. The van der Waals surface area contributed by atoms with Crippen LogP contribution in [0.4, 0.5) is 26.3 Å². The summed E-state index contributed by atoms with van der Waals surface area (Å²) < 4.78 is 122. The molecule has 3 aliphatic heterocycles. The SMILES string of the molecule is C#CCCC(=O)N[C@H]1C([C@H](C)[C@@H](CC)OC(C)=O)O[C@@](F)(C(=O)OC)C(F)[C@H]1C.C#CCCC(=O)N[C@H]1C([C@H](O)[C@H](O)CO)O[C@@](F)(C(=O)O)C(F)[C@H]1O.CC[C@@H](OC(C)=O)[C@@H](C)C1O[C@@](F)(C(=O)OC)C(F)[C@@H](C)[C@H]1C. The highest BCUT2D eigenvalue weighted by atomic mass is 19.2. The molecule has 0 bridgehead atoms. The van der Waals surface area contributed by atoms with Gasteiger partial charge >= 0.3 is 47.4 Å². The summed E-state index contributed by atoms with van der Waals surface area (Å²) in [6.45, 7) is 13.0. The lowest BCUT2D eigenvalue weighted by Gasteiger charge is -2.47. The number of carbonyl (C=O) groups is 7. The van der Waals surface area contributed by atoms with Crippen molar-refractivity contribution in [2.45, 2.75) is 198 Å². The molecule has 27 heteroatoms. The van der Waals surface area contributed by atoms with E-state index >= 15 is 4.39 Å². The summed E-state index contributed by atoms with van der Waals surface area (Å²) in [5, 5.41) is 51.6. The molecule has 77 heavy (non-hydrogen) atoms. The topological polar surface area (TPSA) is 309 Å². The standard InChI is InChI=1S/C20H29F2NO6.C16H26F2O5.C14H19F2NO8/c1-7-9-10-15(25)23-16-12(4)18(21)20(22,19(26)27-6)29-17(16)11(3)14(8-2)28-13(5)24;1-7-12(22-11(5)19)10(4)13-8(2)9(3)14(17)16(18,23-13)15(20)21-6;1-2-3-4-7(20)17-8-10(22)12(15)14(16,13(23)24)25-11(8)9(21)6(19)5-18/h1,11-12,14,16-18H,8-10H2,2-6H3,(H,23,25);8-10,12-14H,7H2,1-6H3;1,6,8-12,18-19,21-22H,3-5H2,(H,17,20)(H,23,24)/t11-,12+,14-,16-,17?,18?,20-;8-,9+,10-,12-,13?,14?,16-;6-,8-,9-,10+,11?,12?,14-/m111/s1. The van der Waals surface area contributed by atoms with E-state index in [4.69, 9.17) is 42.0 Å². The smallest absolute Gasteiger partial charge is 0.375 e. The number of carbonyl (C=O) groups excluding carboxylic acids is 6. The van der Waals surface area contributed by atoms with Crippen LogP contribution in [0.15, 0.2) is 0 Å². The van der Waals surface area contributed by atoms with E-state index < -0.39 is 169 Å². The van der Waals surface area contributed by atoms with E-state index in [2.05, 4.69) is 36.7 Å². The van der Waals surface area contributed by atoms with Crippen LogP contribution in [0.3, 0.4) is 0 Å². The molecule has 3 aliphatic rings. The van der Waals surface area contributed by atoms with Gasteiger partial charge in [-0.25, -0.2) is 27.6 Å². The second-order valence-electron chi connectivity index (χ2n) is 18.9. The third-order valence-corrected chi connectivity index (χ3v) is 13.6. The van der Waals surface area contributed by atoms with Gasteiger partial charge in [0, 0.05) is 57.3 Å². The van der Waals surface area contributed by atoms with Crippen LogP contribution in [0.2, 0.25) is 0 Å². The molecule has 3 heterocycles. The Hall–Kier alpha value is -5.29. The van der Waals surface area contributed by atoms with Gasteiger partial charge in [0.2, 0.25) is 11.8 Å². The predicted molar refractivity (Wildman–Crippen MR) is 255 cm³/mol. The Labute approximate surface area is 443 Å². The lowest BCUT2D eigenvalue weighted by molar-refractivity contribution is -0.293. The van der Waals surface area contributed by atoms with Gasteiger partial charge in [-0.1, -0.05) is 48.5 Å². The molecule has 0 radical (unpaired) electrons. The number of halogens is 6. The third kappa shape index (κ3) is 17.1. The Kier molecular flexibility index (Phi) is 27.8. The van der Waals surface area contributed by atoms with Crippen molar-refractivity contribution in [2.75, 3.05) is 20.8 Å². The Balaban J connectivity index is 0.000000582. The zero-order valence-corrected chi connectivity index (χ0v) is 44.7. The molecule has 21 nitrogen and oxygen atoms in total. The van der Waals surface area contributed by atoms with Gasteiger partial charge in [-0.2, -0.15) is 13.2 Å². The molecule has 440 valence electrons. The van der Waals surface area contributed by atoms with Crippen molar-refractivity contribution in [3.63, 3.8) is 0 Å². The fraction of sp³-hybridized carbons (Fsp3) is 0.780. The Morgan fingerprint density at radius 1 is 0.649 bits per heavy atom. The van der Waals surface area contributed by atoms with Crippen molar-refractivity contribution in [3.05, 3.63) is 0 Å². The summed E-state index contributed by atoms with van der Waals surface area (Å²) in [4.78, 5) is 81.1. The molecule has 0 aromatic heterocycles. The number of methoxy groups -OCH3 is 2. The first kappa shape index (κ1) is 69.7. The van der Waals surface area contributed by atoms with Crippen LogP contribution < -0.4 is 10.6 Å². The first-order valence-electron chi connectivity index (χ1n) is 24.6. The minimum Gasteiger partial charge on any atom is -0.477 e. The Bertz CT molecular complexity index is 2090. The van der Waals surface area contributed by atoms with Gasteiger partial charge < -0.3 is 69.3 Å². The van der Waals surface area contributed by atoms with Crippen LogP contribution in [-0.4, -0.2) is 185 Å². The molecule has 0 spiro atoms. The number of esters is 4. The number of carboxylic acid groups (broad SMARTS) is 1.